The molecule has 0 radical (unpaired) electrons. The van der Waals surface area contributed by atoms with Gasteiger partial charge in [0.2, 0.25) is 6.29 Å². The summed E-state index contributed by atoms with van der Waals surface area (Å²) in [6, 6.07) is 6.57. The van der Waals surface area contributed by atoms with E-state index in [1.807, 2.05) is 0 Å². The van der Waals surface area contributed by atoms with Crippen LogP contribution in [0, 0.1) is 0 Å². The number of hydrogen-bond acceptors (Lipinski definition) is 6. The summed E-state index contributed by atoms with van der Waals surface area (Å²) < 4.78 is 10.7. The van der Waals surface area contributed by atoms with Crippen LogP contribution in [0.2, 0.25) is 0 Å². The van der Waals surface area contributed by atoms with Gasteiger partial charge in [-0.3, -0.25) is 0 Å². The number of nitrogens with two attached hydrogens (primary N) is 1. The normalized spacial score (nSPS) is 36.3. The van der Waals surface area contributed by atoms with Crippen LogP contribution in [0.4, 0.5) is 5.69 Å². The first kappa shape index (κ1) is 13.1. The van der Waals surface area contributed by atoms with Gasteiger partial charge in [-0.15, -0.1) is 0 Å². The van der Waals surface area contributed by atoms with Crippen LogP contribution in [0.5, 0.6) is 5.75 Å². The number of benzene rings is 1. The minimum absolute atomic E-state index is 0.462. The maximum atomic E-state index is 9.76. The SMILES string of the molecule is C[C@@H]1O[C@H](Oc2ccc(N)cc2)[C@H](O)[C@H](O)[C@@H]1O. The van der Waals surface area contributed by atoms with E-state index in [9.17, 15) is 15.3 Å². The van der Waals surface area contributed by atoms with E-state index in [0.29, 0.717) is 11.4 Å². The summed E-state index contributed by atoms with van der Waals surface area (Å²) in [5.41, 5.74) is 6.13. The second kappa shape index (κ2) is 5.11. The first-order valence-electron chi connectivity index (χ1n) is 5.71. The molecule has 6 nitrogen and oxygen atoms in total. The predicted octanol–water partition coefficient (Wildman–Crippen LogP) is -0.525. The summed E-state index contributed by atoms with van der Waals surface area (Å²) >= 11 is 0. The first-order valence-corrected chi connectivity index (χ1v) is 5.71. The Hall–Kier alpha value is -1.34. The lowest BCUT2D eigenvalue weighted by atomic mass is 10.00. The first-order chi connectivity index (χ1) is 8.49. The molecule has 1 fully saturated rings. The molecule has 1 aliphatic rings. The summed E-state index contributed by atoms with van der Waals surface area (Å²) in [4.78, 5) is 0. The molecule has 0 bridgehead atoms. The van der Waals surface area contributed by atoms with Crippen LogP contribution in [-0.2, 0) is 4.74 Å². The van der Waals surface area contributed by atoms with Crippen molar-refractivity contribution in [3.63, 3.8) is 0 Å². The van der Waals surface area contributed by atoms with Gasteiger partial charge in [-0.05, 0) is 31.2 Å². The largest absolute Gasteiger partial charge is 0.462 e. The average Bonchev–Trinajstić information content (AvgIpc) is 2.36. The lowest BCUT2D eigenvalue weighted by Gasteiger charge is -2.38. The molecule has 1 aromatic rings. The molecule has 0 unspecified atom stereocenters. The van der Waals surface area contributed by atoms with Crippen molar-refractivity contribution in [3.05, 3.63) is 24.3 Å². The van der Waals surface area contributed by atoms with Gasteiger partial charge in [0.15, 0.2) is 0 Å². The maximum absolute atomic E-state index is 9.76. The molecule has 100 valence electrons. The predicted molar refractivity (Wildman–Crippen MR) is 63.8 cm³/mol. The number of aliphatic hydroxyl groups excluding tert-OH is 3. The molecule has 6 heteroatoms. The number of rotatable bonds is 2. The molecule has 18 heavy (non-hydrogen) atoms. The highest BCUT2D eigenvalue weighted by Crippen LogP contribution is 2.24. The van der Waals surface area contributed by atoms with Crippen molar-refractivity contribution < 1.29 is 24.8 Å². The third kappa shape index (κ3) is 2.56. The third-order valence-electron chi connectivity index (χ3n) is 2.94. The molecule has 0 aliphatic carbocycles. The van der Waals surface area contributed by atoms with Crippen LogP contribution in [0.1, 0.15) is 6.92 Å². The lowest BCUT2D eigenvalue weighted by Crippen LogP contribution is -2.58. The molecule has 2 rings (SSSR count). The zero-order valence-electron chi connectivity index (χ0n) is 9.93. The minimum Gasteiger partial charge on any atom is -0.462 e. The average molecular weight is 255 g/mol. The molecular formula is C12H17NO5. The van der Waals surface area contributed by atoms with E-state index in [2.05, 4.69) is 0 Å². The van der Waals surface area contributed by atoms with Gasteiger partial charge in [-0.25, -0.2) is 0 Å². The van der Waals surface area contributed by atoms with E-state index in [1.165, 1.54) is 0 Å². The topological polar surface area (TPSA) is 105 Å². The molecule has 5 atom stereocenters. The zero-order chi connectivity index (χ0) is 13.3. The molecule has 1 aromatic carbocycles. The monoisotopic (exact) mass is 255 g/mol. The van der Waals surface area contributed by atoms with Crippen LogP contribution in [-0.4, -0.2) is 46.0 Å². The number of hydrogen-bond donors (Lipinski definition) is 4. The van der Waals surface area contributed by atoms with Crippen LogP contribution < -0.4 is 10.5 Å². The van der Waals surface area contributed by atoms with E-state index in [1.54, 1.807) is 31.2 Å². The van der Waals surface area contributed by atoms with Crippen molar-refractivity contribution in [2.45, 2.75) is 37.6 Å². The van der Waals surface area contributed by atoms with Gasteiger partial charge < -0.3 is 30.5 Å². The molecular weight excluding hydrogens is 238 g/mol. The molecule has 1 heterocycles. The van der Waals surface area contributed by atoms with Crippen molar-refractivity contribution in [2.75, 3.05) is 5.73 Å². The lowest BCUT2D eigenvalue weighted by molar-refractivity contribution is -0.268. The fraction of sp³-hybridized carbons (Fsp3) is 0.500. The highest BCUT2D eigenvalue weighted by atomic mass is 16.7. The summed E-state index contributed by atoms with van der Waals surface area (Å²) in [7, 11) is 0. The van der Waals surface area contributed by atoms with Crippen molar-refractivity contribution in [1.82, 2.24) is 0 Å². The van der Waals surface area contributed by atoms with E-state index in [4.69, 9.17) is 15.2 Å². The maximum Gasteiger partial charge on any atom is 0.229 e. The molecule has 0 aromatic heterocycles. The minimum atomic E-state index is -1.31. The van der Waals surface area contributed by atoms with Crippen LogP contribution in [0.3, 0.4) is 0 Å². The summed E-state index contributed by atoms with van der Waals surface area (Å²) in [5, 5.41) is 28.9. The van der Waals surface area contributed by atoms with Crippen LogP contribution >= 0.6 is 0 Å². The van der Waals surface area contributed by atoms with E-state index < -0.39 is 30.7 Å². The molecule has 5 N–H and O–H groups in total. The van der Waals surface area contributed by atoms with Gasteiger partial charge in [-0.1, -0.05) is 0 Å². The number of ether oxygens (including phenoxy) is 2. The molecule has 0 spiro atoms. The molecule has 0 saturated carbocycles. The van der Waals surface area contributed by atoms with Gasteiger partial charge in [0, 0.05) is 5.69 Å². The second-order valence-electron chi connectivity index (χ2n) is 4.37. The molecule has 1 saturated heterocycles. The molecule has 1 aliphatic heterocycles. The third-order valence-corrected chi connectivity index (χ3v) is 2.94. The zero-order valence-corrected chi connectivity index (χ0v) is 9.93. The Labute approximate surface area is 105 Å². The van der Waals surface area contributed by atoms with E-state index in [-0.39, 0.29) is 0 Å². The number of nitrogen functional groups attached to an aromatic ring is 1. The van der Waals surface area contributed by atoms with Gasteiger partial charge >= 0.3 is 0 Å². The van der Waals surface area contributed by atoms with Gasteiger partial charge in [0.25, 0.3) is 0 Å². The molecule has 0 amide bonds. The van der Waals surface area contributed by atoms with Crippen molar-refractivity contribution in [2.24, 2.45) is 0 Å². The van der Waals surface area contributed by atoms with Gasteiger partial charge in [0.1, 0.15) is 24.1 Å². The van der Waals surface area contributed by atoms with Crippen molar-refractivity contribution >= 4 is 5.69 Å². The van der Waals surface area contributed by atoms with Crippen molar-refractivity contribution in [3.8, 4) is 5.75 Å². The van der Waals surface area contributed by atoms with Gasteiger partial charge in [-0.2, -0.15) is 0 Å². The fourth-order valence-corrected chi connectivity index (χ4v) is 1.79. The highest BCUT2D eigenvalue weighted by Gasteiger charge is 2.43. The fourth-order valence-electron chi connectivity index (χ4n) is 1.79. The van der Waals surface area contributed by atoms with E-state index >= 15 is 0 Å². The van der Waals surface area contributed by atoms with Gasteiger partial charge in [0.05, 0.1) is 6.10 Å². The quantitative estimate of drug-likeness (QED) is 0.530. The summed E-state index contributed by atoms with van der Waals surface area (Å²) in [5.74, 6) is 0.462. The Morgan fingerprint density at radius 1 is 1.06 bits per heavy atom. The van der Waals surface area contributed by atoms with E-state index in [0.717, 1.165) is 0 Å². The summed E-state index contributed by atoms with van der Waals surface area (Å²) in [6.07, 6.45) is -5.39. The summed E-state index contributed by atoms with van der Waals surface area (Å²) in [6.45, 7) is 1.60. The highest BCUT2D eigenvalue weighted by molar-refractivity contribution is 5.41. The smallest absolute Gasteiger partial charge is 0.229 e. The number of anilines is 1. The Kier molecular flexibility index (Phi) is 3.72. The Bertz CT molecular complexity index is 396. The second-order valence-corrected chi connectivity index (χ2v) is 4.37. The number of aliphatic hydroxyl groups is 3. The Morgan fingerprint density at radius 2 is 1.67 bits per heavy atom. The Balaban J connectivity index is 2.06. The van der Waals surface area contributed by atoms with Crippen molar-refractivity contribution in [1.29, 1.82) is 0 Å². The van der Waals surface area contributed by atoms with Crippen LogP contribution in [0.25, 0.3) is 0 Å². The standard InChI is InChI=1S/C12H17NO5/c1-6-9(14)10(15)11(16)12(17-6)18-8-4-2-7(13)3-5-8/h2-6,9-12,14-16H,13H2,1H3/t6-,9+,10+,11+,12+/m0/s1. The van der Waals surface area contributed by atoms with Crippen LogP contribution in [0.15, 0.2) is 24.3 Å². The Morgan fingerprint density at radius 3 is 2.28 bits per heavy atom.